The van der Waals surface area contributed by atoms with Crippen LogP contribution in [0.1, 0.15) is 46.7 Å². The van der Waals surface area contributed by atoms with Gasteiger partial charge >= 0.3 is 11.9 Å². The van der Waals surface area contributed by atoms with Crippen molar-refractivity contribution in [3.63, 3.8) is 0 Å². The van der Waals surface area contributed by atoms with E-state index in [4.69, 9.17) is 11.6 Å². The van der Waals surface area contributed by atoms with Crippen molar-refractivity contribution < 1.29 is 19.1 Å². The zero-order valence-corrected chi connectivity index (χ0v) is 19.3. The van der Waals surface area contributed by atoms with E-state index in [1.807, 2.05) is 0 Å². The number of nitrogens with one attached hydrogen (secondary N) is 1. The van der Waals surface area contributed by atoms with Crippen LogP contribution in [0.15, 0.2) is 24.8 Å². The summed E-state index contributed by atoms with van der Waals surface area (Å²) in [6.07, 6.45) is 10.6. The molecule has 174 valence electrons. The minimum absolute atomic E-state index is 0.150. The molecule has 0 aromatic carbocycles. The van der Waals surface area contributed by atoms with Crippen LogP contribution in [0.4, 0.5) is 5.82 Å². The van der Waals surface area contributed by atoms with E-state index in [0.29, 0.717) is 5.82 Å². The largest absolute Gasteiger partial charge is 0.464 e. The van der Waals surface area contributed by atoms with Gasteiger partial charge in [0, 0.05) is 6.54 Å². The average molecular weight is 465 g/mol. The summed E-state index contributed by atoms with van der Waals surface area (Å²) in [6, 6.07) is 0. The molecule has 3 heterocycles. The second-order valence-electron chi connectivity index (χ2n) is 7.31. The van der Waals surface area contributed by atoms with Crippen LogP contribution in [-0.2, 0) is 9.47 Å². The molecule has 2 aromatic heterocycles. The molecule has 1 aliphatic heterocycles. The molecule has 0 unspecified atom stereocenters. The van der Waals surface area contributed by atoms with Crippen LogP contribution in [0.3, 0.4) is 0 Å². The Kier molecular flexibility index (Phi) is 10.8. The monoisotopic (exact) mass is 464 g/mol. The third-order valence-corrected chi connectivity index (χ3v) is 5.19. The Morgan fingerprint density at radius 1 is 1.00 bits per heavy atom. The second-order valence-corrected chi connectivity index (χ2v) is 7.70. The van der Waals surface area contributed by atoms with Crippen molar-refractivity contribution >= 4 is 29.4 Å². The molecule has 0 radical (unpaired) electrons. The van der Waals surface area contributed by atoms with Crippen molar-refractivity contribution in [2.45, 2.75) is 25.7 Å². The van der Waals surface area contributed by atoms with Gasteiger partial charge in [-0.25, -0.2) is 29.5 Å². The maximum absolute atomic E-state index is 11.2. The molecule has 32 heavy (non-hydrogen) atoms. The van der Waals surface area contributed by atoms with Crippen molar-refractivity contribution in [2.75, 3.05) is 46.2 Å². The molecule has 1 N–H and O–H groups in total. The first-order chi connectivity index (χ1) is 15.4. The molecule has 0 saturated carbocycles. The number of hydrogen-bond donors (Lipinski definition) is 1. The van der Waals surface area contributed by atoms with Gasteiger partial charge in [0.15, 0.2) is 11.4 Å². The number of ether oxygens (including phenoxy) is 2. The molecule has 1 fully saturated rings. The number of piperidine rings is 1. The van der Waals surface area contributed by atoms with Crippen LogP contribution in [0, 0.1) is 5.92 Å². The number of likely N-dealkylation sites (tertiary alicyclic amines) is 1. The minimum atomic E-state index is -0.519. The minimum Gasteiger partial charge on any atom is -0.464 e. The fraction of sp³-hybridized carbons (Fsp3) is 0.524. The van der Waals surface area contributed by atoms with Crippen LogP contribution in [-0.4, -0.2) is 77.7 Å². The van der Waals surface area contributed by atoms with Crippen molar-refractivity contribution in [2.24, 2.45) is 5.92 Å². The van der Waals surface area contributed by atoms with Crippen LogP contribution < -0.4 is 5.32 Å². The van der Waals surface area contributed by atoms with Crippen molar-refractivity contribution in [1.82, 2.24) is 24.8 Å². The zero-order chi connectivity index (χ0) is 23.3. The number of methoxy groups -OCH3 is 2. The highest BCUT2D eigenvalue weighted by atomic mass is 35.5. The number of carbonyl (C=O) groups excluding carboxylic acids is 2. The summed E-state index contributed by atoms with van der Waals surface area (Å²) in [5, 5.41) is 3.49. The highest BCUT2D eigenvalue weighted by Gasteiger charge is 2.15. The molecule has 0 atom stereocenters. The Morgan fingerprint density at radius 2 is 1.59 bits per heavy atom. The smallest absolute Gasteiger partial charge is 0.358 e. The summed E-state index contributed by atoms with van der Waals surface area (Å²) < 4.78 is 8.98. The standard InChI is InChI=1S/C15H24N4O2.C6H5ClN2O2/c1-19-8-5-12(6-9-19)4-3-7-16-14-11-17-13(10-18-14)15(20)21-2;1-11-6(10)4-2-9-5(7)3-8-4/h10-12H,3-9H2,1-2H3,(H,16,18);2-3H,1H3. The summed E-state index contributed by atoms with van der Waals surface area (Å²) in [6.45, 7) is 3.33. The number of halogens is 1. The molecule has 1 saturated heterocycles. The van der Waals surface area contributed by atoms with Crippen LogP contribution in [0.5, 0.6) is 0 Å². The number of carbonyl (C=O) groups is 2. The molecule has 10 nitrogen and oxygen atoms in total. The van der Waals surface area contributed by atoms with Crippen molar-refractivity contribution in [3.8, 4) is 0 Å². The predicted molar refractivity (Wildman–Crippen MR) is 120 cm³/mol. The number of esters is 2. The summed E-state index contributed by atoms with van der Waals surface area (Å²) in [5.74, 6) is 0.576. The van der Waals surface area contributed by atoms with E-state index >= 15 is 0 Å². The highest BCUT2D eigenvalue weighted by molar-refractivity contribution is 6.29. The molecule has 2 aromatic rings. The van der Waals surface area contributed by atoms with Gasteiger partial charge < -0.3 is 19.7 Å². The lowest BCUT2D eigenvalue weighted by Gasteiger charge is -2.28. The third-order valence-electron chi connectivity index (χ3n) is 4.99. The van der Waals surface area contributed by atoms with Gasteiger partial charge in [0.2, 0.25) is 0 Å². The number of rotatable bonds is 7. The first-order valence-electron chi connectivity index (χ1n) is 10.3. The molecule has 1 aliphatic rings. The van der Waals surface area contributed by atoms with Crippen LogP contribution in [0.2, 0.25) is 5.15 Å². The zero-order valence-electron chi connectivity index (χ0n) is 18.6. The van der Waals surface area contributed by atoms with Gasteiger partial charge in [-0.15, -0.1) is 0 Å². The molecular weight excluding hydrogens is 436 g/mol. The Balaban J connectivity index is 0.000000278. The maximum atomic E-state index is 11.2. The average Bonchev–Trinajstić information content (AvgIpc) is 2.83. The maximum Gasteiger partial charge on any atom is 0.358 e. The van der Waals surface area contributed by atoms with Gasteiger partial charge in [0.1, 0.15) is 11.0 Å². The van der Waals surface area contributed by atoms with E-state index in [9.17, 15) is 9.59 Å². The van der Waals surface area contributed by atoms with Gasteiger partial charge in [0.05, 0.1) is 39.0 Å². The predicted octanol–water partition coefficient (Wildman–Crippen LogP) is 2.71. The van der Waals surface area contributed by atoms with E-state index in [-0.39, 0.29) is 16.5 Å². The first kappa shape index (κ1) is 25.4. The SMILES string of the molecule is COC(=O)c1cnc(Cl)cn1.COC(=O)c1cnc(NCCCC2CCN(C)CC2)cn1. The normalized spacial score (nSPS) is 14.1. The van der Waals surface area contributed by atoms with E-state index < -0.39 is 11.9 Å². The summed E-state index contributed by atoms with van der Waals surface area (Å²) in [5.41, 5.74) is 0.381. The molecule has 3 rings (SSSR count). The van der Waals surface area contributed by atoms with Crippen LogP contribution in [0.25, 0.3) is 0 Å². The summed E-state index contributed by atoms with van der Waals surface area (Å²) in [4.78, 5) is 39.9. The van der Waals surface area contributed by atoms with Gasteiger partial charge in [-0.05, 0) is 51.7 Å². The Hall–Kier alpha value is -2.85. The van der Waals surface area contributed by atoms with Gasteiger partial charge in [-0.1, -0.05) is 11.6 Å². The van der Waals surface area contributed by atoms with Gasteiger partial charge in [-0.3, -0.25) is 0 Å². The molecular formula is C21H29ClN6O4. The summed E-state index contributed by atoms with van der Waals surface area (Å²) >= 11 is 5.43. The molecule has 11 heteroatoms. The lowest BCUT2D eigenvalue weighted by atomic mass is 9.92. The first-order valence-corrected chi connectivity index (χ1v) is 10.7. The fourth-order valence-corrected chi connectivity index (χ4v) is 3.21. The molecule has 0 spiro atoms. The fourth-order valence-electron chi connectivity index (χ4n) is 3.11. The topological polar surface area (TPSA) is 119 Å². The quantitative estimate of drug-likeness (QED) is 0.483. The van der Waals surface area contributed by atoms with E-state index in [1.165, 1.54) is 65.2 Å². The summed E-state index contributed by atoms with van der Waals surface area (Å²) in [7, 11) is 4.80. The van der Waals surface area contributed by atoms with E-state index in [1.54, 1.807) is 6.20 Å². The molecule has 0 bridgehead atoms. The molecule has 0 aliphatic carbocycles. The number of nitrogens with zero attached hydrogens (tertiary/aromatic N) is 5. The van der Waals surface area contributed by atoms with Gasteiger partial charge in [-0.2, -0.15) is 0 Å². The number of aromatic nitrogens is 4. The van der Waals surface area contributed by atoms with Gasteiger partial charge in [0.25, 0.3) is 0 Å². The van der Waals surface area contributed by atoms with Crippen molar-refractivity contribution in [1.29, 1.82) is 0 Å². The van der Waals surface area contributed by atoms with Crippen LogP contribution >= 0.6 is 11.6 Å². The molecule has 0 amide bonds. The van der Waals surface area contributed by atoms with E-state index in [0.717, 1.165) is 18.9 Å². The lowest BCUT2D eigenvalue weighted by Crippen LogP contribution is -2.30. The van der Waals surface area contributed by atoms with Crippen molar-refractivity contribution in [3.05, 3.63) is 41.3 Å². The number of anilines is 1. The number of hydrogen-bond acceptors (Lipinski definition) is 10. The Morgan fingerprint density at radius 3 is 2.09 bits per heavy atom. The Labute approximate surface area is 192 Å². The Bertz CT molecular complexity index is 842. The third kappa shape index (κ3) is 8.72. The lowest BCUT2D eigenvalue weighted by molar-refractivity contribution is 0.0584. The van der Waals surface area contributed by atoms with E-state index in [2.05, 4.69) is 46.7 Å². The highest BCUT2D eigenvalue weighted by Crippen LogP contribution is 2.20. The second kappa shape index (κ2) is 13.5.